The van der Waals surface area contributed by atoms with E-state index in [9.17, 15) is 9.59 Å². The molecular weight excluding hydrogens is 256 g/mol. The van der Waals surface area contributed by atoms with Crippen LogP contribution in [0.3, 0.4) is 0 Å². The van der Waals surface area contributed by atoms with Gasteiger partial charge >= 0.3 is 11.7 Å². The van der Waals surface area contributed by atoms with Gasteiger partial charge in [-0.1, -0.05) is 11.6 Å². The normalized spacial score (nSPS) is 10.8. The molecule has 5 nitrogen and oxygen atoms in total. The summed E-state index contributed by atoms with van der Waals surface area (Å²) in [5, 5.41) is 0.796. The number of benzene rings is 1. The summed E-state index contributed by atoms with van der Waals surface area (Å²) in [6, 6.07) is 4.32. The number of halogens is 1. The van der Waals surface area contributed by atoms with Crippen LogP contribution in [0.25, 0.3) is 10.9 Å². The summed E-state index contributed by atoms with van der Waals surface area (Å²) in [5.41, 5.74) is -0.147. The van der Waals surface area contributed by atoms with E-state index in [0.29, 0.717) is 29.0 Å². The topological polar surface area (TPSA) is 55.5 Å². The average molecular weight is 269 g/mol. The van der Waals surface area contributed by atoms with E-state index in [2.05, 4.69) is 0 Å². The molecule has 2 rings (SSSR count). The van der Waals surface area contributed by atoms with Crippen molar-refractivity contribution in [1.82, 2.24) is 9.64 Å². The zero-order valence-corrected chi connectivity index (χ0v) is 10.9. The number of amides is 1. The maximum atomic E-state index is 12.2. The minimum absolute atomic E-state index is 0.347. The molecule has 0 aliphatic heterocycles. The maximum Gasteiger partial charge on any atom is 0.366 e. The molecule has 0 radical (unpaired) electrons. The summed E-state index contributed by atoms with van der Waals surface area (Å²) in [6.07, 6.45) is 0. The summed E-state index contributed by atoms with van der Waals surface area (Å²) < 4.78 is 5.97. The van der Waals surface area contributed by atoms with Crippen molar-refractivity contribution in [2.24, 2.45) is 0 Å². The Labute approximate surface area is 108 Å². The Bertz CT molecular complexity index is 640. The van der Waals surface area contributed by atoms with E-state index in [0.717, 1.165) is 4.74 Å². The summed E-state index contributed by atoms with van der Waals surface area (Å²) in [7, 11) is 0. The number of fused-ring (bicyclic) bond motifs is 1. The Hall–Kier alpha value is -1.75. The Morgan fingerprint density at radius 1 is 1.39 bits per heavy atom. The third-order valence-corrected chi connectivity index (χ3v) is 3.02. The van der Waals surface area contributed by atoms with Gasteiger partial charge in [0.05, 0.1) is 5.39 Å². The molecule has 18 heavy (non-hydrogen) atoms. The number of hydrogen-bond acceptors (Lipinski definition) is 3. The van der Waals surface area contributed by atoms with Crippen LogP contribution in [0.4, 0.5) is 4.79 Å². The van der Waals surface area contributed by atoms with Crippen molar-refractivity contribution in [3.05, 3.63) is 33.6 Å². The summed E-state index contributed by atoms with van der Waals surface area (Å²) >= 11 is 5.87. The van der Waals surface area contributed by atoms with Crippen LogP contribution in [-0.4, -0.2) is 28.8 Å². The van der Waals surface area contributed by atoms with Gasteiger partial charge in [0.15, 0.2) is 0 Å². The minimum atomic E-state index is -0.540. The van der Waals surface area contributed by atoms with Crippen LogP contribution in [-0.2, 0) is 0 Å². The molecule has 1 heterocycles. The van der Waals surface area contributed by atoms with Crippen molar-refractivity contribution in [1.29, 1.82) is 0 Å². The second-order valence-corrected chi connectivity index (χ2v) is 4.23. The lowest BCUT2D eigenvalue weighted by Crippen LogP contribution is -2.34. The second-order valence-electron chi connectivity index (χ2n) is 3.79. The lowest BCUT2D eigenvalue weighted by atomic mass is 10.2. The van der Waals surface area contributed by atoms with E-state index in [4.69, 9.17) is 16.1 Å². The van der Waals surface area contributed by atoms with Crippen molar-refractivity contribution in [2.75, 3.05) is 13.1 Å². The molecule has 1 aromatic heterocycles. The maximum absolute atomic E-state index is 12.2. The van der Waals surface area contributed by atoms with E-state index >= 15 is 0 Å². The lowest BCUT2D eigenvalue weighted by Gasteiger charge is -2.17. The van der Waals surface area contributed by atoms with Gasteiger partial charge in [0.1, 0.15) is 5.52 Å². The SMILES string of the molecule is CCN(CC)C(=O)n1oc(=O)c2ccc(Cl)cc21. The number of rotatable bonds is 2. The van der Waals surface area contributed by atoms with Crippen molar-refractivity contribution >= 4 is 28.5 Å². The number of carbonyl (C=O) groups is 1. The number of aromatic nitrogens is 1. The van der Waals surface area contributed by atoms with Gasteiger partial charge in [-0.3, -0.25) is 0 Å². The zero-order valence-electron chi connectivity index (χ0n) is 10.1. The second kappa shape index (κ2) is 4.86. The Morgan fingerprint density at radius 2 is 2.06 bits per heavy atom. The first kappa shape index (κ1) is 12.7. The molecule has 0 spiro atoms. The van der Waals surface area contributed by atoms with Gasteiger partial charge in [0, 0.05) is 18.1 Å². The molecule has 0 saturated heterocycles. The highest BCUT2D eigenvalue weighted by molar-refractivity contribution is 6.31. The fourth-order valence-electron chi connectivity index (χ4n) is 1.79. The van der Waals surface area contributed by atoms with E-state index in [-0.39, 0.29) is 6.03 Å². The van der Waals surface area contributed by atoms with Gasteiger partial charge in [-0.15, -0.1) is 4.74 Å². The van der Waals surface area contributed by atoms with E-state index < -0.39 is 5.63 Å². The van der Waals surface area contributed by atoms with Crippen LogP contribution in [0.5, 0.6) is 0 Å². The first-order valence-electron chi connectivity index (χ1n) is 5.69. The van der Waals surface area contributed by atoms with Crippen molar-refractivity contribution in [3.8, 4) is 0 Å². The van der Waals surface area contributed by atoms with Crippen molar-refractivity contribution in [2.45, 2.75) is 13.8 Å². The Morgan fingerprint density at radius 3 is 2.67 bits per heavy atom. The van der Waals surface area contributed by atoms with E-state index in [1.807, 2.05) is 13.8 Å². The van der Waals surface area contributed by atoms with Crippen LogP contribution in [0.15, 0.2) is 27.5 Å². The number of carbonyl (C=O) groups excluding carboxylic acids is 1. The van der Waals surface area contributed by atoms with Crippen LogP contribution >= 0.6 is 11.6 Å². The Balaban J connectivity index is 2.61. The molecule has 0 saturated carbocycles. The number of nitrogens with zero attached hydrogens (tertiary/aromatic N) is 2. The third kappa shape index (κ3) is 2.01. The van der Waals surface area contributed by atoms with Crippen LogP contribution in [0.2, 0.25) is 5.02 Å². The minimum Gasteiger partial charge on any atom is -0.326 e. The highest BCUT2D eigenvalue weighted by atomic mass is 35.5. The summed E-state index contributed by atoms with van der Waals surface area (Å²) in [5.74, 6) is 0. The molecule has 0 aliphatic carbocycles. The van der Waals surface area contributed by atoms with E-state index in [1.54, 1.807) is 23.1 Å². The van der Waals surface area contributed by atoms with E-state index in [1.165, 1.54) is 0 Å². The third-order valence-electron chi connectivity index (χ3n) is 2.78. The first-order valence-corrected chi connectivity index (χ1v) is 6.07. The van der Waals surface area contributed by atoms with Crippen LogP contribution < -0.4 is 5.63 Å². The van der Waals surface area contributed by atoms with Gasteiger partial charge < -0.3 is 9.42 Å². The molecule has 6 heteroatoms. The van der Waals surface area contributed by atoms with Gasteiger partial charge in [-0.2, -0.15) is 0 Å². The van der Waals surface area contributed by atoms with Crippen molar-refractivity contribution in [3.63, 3.8) is 0 Å². The molecule has 1 amide bonds. The van der Waals surface area contributed by atoms with Gasteiger partial charge in [0.25, 0.3) is 0 Å². The molecule has 0 fully saturated rings. The van der Waals surface area contributed by atoms with Crippen LogP contribution in [0.1, 0.15) is 13.8 Å². The van der Waals surface area contributed by atoms with Gasteiger partial charge in [0.2, 0.25) is 0 Å². The van der Waals surface area contributed by atoms with Gasteiger partial charge in [-0.25, -0.2) is 9.59 Å². The molecular formula is C12H13ClN2O3. The molecule has 96 valence electrons. The smallest absolute Gasteiger partial charge is 0.326 e. The molecule has 1 aromatic carbocycles. The molecule has 0 N–H and O–H groups in total. The first-order chi connectivity index (χ1) is 8.58. The quantitative estimate of drug-likeness (QED) is 0.841. The summed E-state index contributed by atoms with van der Waals surface area (Å²) in [6.45, 7) is 4.80. The predicted octanol–water partition coefficient (Wildman–Crippen LogP) is 2.56. The highest BCUT2D eigenvalue weighted by Crippen LogP contribution is 2.18. The largest absolute Gasteiger partial charge is 0.366 e. The monoisotopic (exact) mass is 268 g/mol. The standard InChI is InChI=1S/C12H13ClN2O3/c1-3-14(4-2)12(17)15-10-7-8(13)5-6-9(10)11(16)18-15/h5-7H,3-4H2,1-2H3. The number of hydrogen-bond donors (Lipinski definition) is 0. The van der Waals surface area contributed by atoms with Crippen LogP contribution in [0, 0.1) is 0 Å². The lowest BCUT2D eigenvalue weighted by molar-refractivity contribution is 0.173. The van der Waals surface area contributed by atoms with Crippen molar-refractivity contribution < 1.29 is 9.32 Å². The molecule has 2 aromatic rings. The highest BCUT2D eigenvalue weighted by Gasteiger charge is 2.19. The molecule has 0 aliphatic rings. The molecule has 0 bridgehead atoms. The summed E-state index contributed by atoms with van der Waals surface area (Å²) in [4.78, 5) is 25.3. The predicted molar refractivity (Wildman–Crippen MR) is 69.2 cm³/mol. The molecule has 0 atom stereocenters. The van der Waals surface area contributed by atoms with Gasteiger partial charge in [-0.05, 0) is 32.0 Å². The average Bonchev–Trinajstić information content (AvgIpc) is 2.67. The Kier molecular flexibility index (Phi) is 3.43. The fraction of sp³-hybridized carbons (Fsp3) is 0.333. The zero-order chi connectivity index (χ0) is 13.3. The molecule has 0 unspecified atom stereocenters. The fourth-order valence-corrected chi connectivity index (χ4v) is 1.96.